The van der Waals surface area contributed by atoms with Crippen molar-refractivity contribution >= 4 is 5.69 Å². The van der Waals surface area contributed by atoms with Crippen LogP contribution in [-0.2, 0) is 0 Å². The van der Waals surface area contributed by atoms with Crippen LogP contribution >= 0.6 is 0 Å². The summed E-state index contributed by atoms with van der Waals surface area (Å²) in [7, 11) is 1.57. The van der Waals surface area contributed by atoms with Crippen LogP contribution in [0.2, 0.25) is 0 Å². The van der Waals surface area contributed by atoms with E-state index in [0.717, 1.165) is 5.56 Å². The van der Waals surface area contributed by atoms with Gasteiger partial charge >= 0.3 is 0 Å². The summed E-state index contributed by atoms with van der Waals surface area (Å²) < 4.78 is 5.00. The SMILES string of the molecule is COc1ccc([C@@H](N)CC#N)c(N)c1. The van der Waals surface area contributed by atoms with Crippen LogP contribution in [0.25, 0.3) is 0 Å². The first kappa shape index (κ1) is 10.4. The highest BCUT2D eigenvalue weighted by molar-refractivity contribution is 5.52. The molecule has 0 aliphatic rings. The van der Waals surface area contributed by atoms with E-state index in [0.29, 0.717) is 11.4 Å². The van der Waals surface area contributed by atoms with Crippen LogP contribution < -0.4 is 16.2 Å². The van der Waals surface area contributed by atoms with Crippen LogP contribution in [0.15, 0.2) is 18.2 Å². The Morgan fingerprint density at radius 3 is 2.79 bits per heavy atom. The van der Waals surface area contributed by atoms with Crippen molar-refractivity contribution in [3.63, 3.8) is 0 Å². The van der Waals surface area contributed by atoms with Gasteiger partial charge in [0.15, 0.2) is 0 Å². The van der Waals surface area contributed by atoms with Crippen molar-refractivity contribution in [2.45, 2.75) is 12.5 Å². The minimum absolute atomic E-state index is 0.260. The molecule has 4 heteroatoms. The summed E-state index contributed by atoms with van der Waals surface area (Å²) >= 11 is 0. The van der Waals surface area contributed by atoms with Crippen LogP contribution in [0.5, 0.6) is 5.75 Å². The van der Waals surface area contributed by atoms with Crippen molar-refractivity contribution < 1.29 is 4.74 Å². The maximum absolute atomic E-state index is 8.49. The summed E-state index contributed by atoms with van der Waals surface area (Å²) in [4.78, 5) is 0. The maximum Gasteiger partial charge on any atom is 0.120 e. The molecule has 1 aromatic carbocycles. The van der Waals surface area contributed by atoms with Gasteiger partial charge in [0.05, 0.1) is 19.6 Å². The molecular weight excluding hydrogens is 178 g/mol. The number of hydrogen-bond donors (Lipinski definition) is 2. The van der Waals surface area contributed by atoms with Gasteiger partial charge < -0.3 is 16.2 Å². The number of benzene rings is 1. The normalized spacial score (nSPS) is 11.8. The van der Waals surface area contributed by atoms with E-state index in [9.17, 15) is 0 Å². The first-order chi connectivity index (χ1) is 6.69. The molecule has 4 N–H and O–H groups in total. The third kappa shape index (κ3) is 2.15. The summed E-state index contributed by atoms with van der Waals surface area (Å²) in [6, 6.07) is 6.95. The standard InChI is InChI=1S/C10H13N3O/c1-14-7-2-3-8(10(13)6-7)9(12)4-5-11/h2-3,6,9H,4,12-13H2,1H3/t9-/m0/s1. The van der Waals surface area contributed by atoms with Gasteiger partial charge in [-0.15, -0.1) is 0 Å². The van der Waals surface area contributed by atoms with Crippen molar-refractivity contribution in [3.8, 4) is 11.8 Å². The molecular formula is C10H13N3O. The van der Waals surface area contributed by atoms with E-state index in [4.69, 9.17) is 21.5 Å². The fourth-order valence-electron chi connectivity index (χ4n) is 1.23. The third-order valence-corrected chi connectivity index (χ3v) is 2.00. The van der Waals surface area contributed by atoms with Crippen molar-refractivity contribution in [2.24, 2.45) is 5.73 Å². The Balaban J connectivity index is 2.94. The number of nitriles is 1. The zero-order chi connectivity index (χ0) is 10.6. The number of ether oxygens (including phenoxy) is 1. The first-order valence-electron chi connectivity index (χ1n) is 4.25. The predicted molar refractivity (Wildman–Crippen MR) is 54.6 cm³/mol. The largest absolute Gasteiger partial charge is 0.497 e. The van der Waals surface area contributed by atoms with Gasteiger partial charge in [0.25, 0.3) is 0 Å². The van der Waals surface area contributed by atoms with E-state index in [1.807, 2.05) is 6.07 Å². The van der Waals surface area contributed by atoms with Gasteiger partial charge in [0.1, 0.15) is 5.75 Å². The number of nitrogen functional groups attached to an aromatic ring is 1. The van der Waals surface area contributed by atoms with Gasteiger partial charge in [-0.25, -0.2) is 0 Å². The van der Waals surface area contributed by atoms with E-state index < -0.39 is 0 Å². The molecule has 0 aliphatic heterocycles. The topological polar surface area (TPSA) is 85.1 Å². The highest BCUT2D eigenvalue weighted by Gasteiger charge is 2.09. The number of hydrogen-bond acceptors (Lipinski definition) is 4. The lowest BCUT2D eigenvalue weighted by Crippen LogP contribution is -2.11. The Bertz CT molecular complexity index is 357. The van der Waals surface area contributed by atoms with Gasteiger partial charge in [-0.1, -0.05) is 6.07 Å². The fourth-order valence-corrected chi connectivity index (χ4v) is 1.23. The molecule has 14 heavy (non-hydrogen) atoms. The quantitative estimate of drug-likeness (QED) is 0.703. The lowest BCUT2D eigenvalue weighted by atomic mass is 10.0. The Kier molecular flexibility index (Phi) is 3.32. The van der Waals surface area contributed by atoms with Crippen molar-refractivity contribution in [2.75, 3.05) is 12.8 Å². The van der Waals surface area contributed by atoms with Gasteiger partial charge in [-0.3, -0.25) is 0 Å². The fraction of sp³-hybridized carbons (Fsp3) is 0.300. The molecule has 0 radical (unpaired) electrons. The zero-order valence-corrected chi connectivity index (χ0v) is 8.03. The van der Waals surface area contributed by atoms with Crippen LogP contribution in [0.4, 0.5) is 5.69 Å². The second-order valence-corrected chi connectivity index (χ2v) is 2.96. The maximum atomic E-state index is 8.49. The molecule has 0 bridgehead atoms. The lowest BCUT2D eigenvalue weighted by molar-refractivity contribution is 0.415. The molecule has 74 valence electrons. The smallest absolute Gasteiger partial charge is 0.120 e. The molecule has 0 saturated carbocycles. The average molecular weight is 191 g/mol. The molecule has 0 spiro atoms. The number of nitrogens with zero attached hydrogens (tertiary/aromatic N) is 1. The summed E-state index contributed by atoms with van der Waals surface area (Å²) in [5.41, 5.74) is 12.9. The monoisotopic (exact) mass is 191 g/mol. The summed E-state index contributed by atoms with van der Waals surface area (Å²) in [5, 5.41) is 8.49. The molecule has 1 rings (SSSR count). The molecule has 0 saturated heterocycles. The van der Waals surface area contributed by atoms with Gasteiger partial charge in [-0.05, 0) is 11.6 Å². The number of anilines is 1. The Labute approximate surface area is 83.1 Å². The number of nitrogens with two attached hydrogens (primary N) is 2. The Morgan fingerprint density at radius 2 is 2.29 bits per heavy atom. The highest BCUT2D eigenvalue weighted by Crippen LogP contribution is 2.25. The van der Waals surface area contributed by atoms with Crippen molar-refractivity contribution in [1.82, 2.24) is 0 Å². The van der Waals surface area contributed by atoms with Gasteiger partial charge in [0.2, 0.25) is 0 Å². The zero-order valence-electron chi connectivity index (χ0n) is 8.03. The Hall–Kier alpha value is -1.73. The molecule has 0 aromatic heterocycles. The molecule has 0 unspecified atom stereocenters. The van der Waals surface area contributed by atoms with Gasteiger partial charge in [0, 0.05) is 17.8 Å². The molecule has 4 nitrogen and oxygen atoms in total. The molecule has 1 aromatic rings. The molecule has 0 fully saturated rings. The van der Waals surface area contributed by atoms with E-state index in [1.54, 1.807) is 25.3 Å². The highest BCUT2D eigenvalue weighted by atomic mass is 16.5. The Morgan fingerprint density at radius 1 is 1.57 bits per heavy atom. The van der Waals surface area contributed by atoms with E-state index in [1.165, 1.54) is 0 Å². The van der Waals surface area contributed by atoms with Crippen molar-refractivity contribution in [3.05, 3.63) is 23.8 Å². The minimum Gasteiger partial charge on any atom is -0.497 e. The summed E-state index contributed by atoms with van der Waals surface area (Å²) in [5.74, 6) is 0.690. The molecule has 0 aliphatic carbocycles. The summed E-state index contributed by atoms with van der Waals surface area (Å²) in [6.45, 7) is 0. The third-order valence-electron chi connectivity index (χ3n) is 2.00. The number of rotatable bonds is 3. The van der Waals surface area contributed by atoms with E-state index in [2.05, 4.69) is 0 Å². The number of methoxy groups -OCH3 is 1. The minimum atomic E-state index is -0.328. The van der Waals surface area contributed by atoms with Crippen LogP contribution in [-0.4, -0.2) is 7.11 Å². The van der Waals surface area contributed by atoms with Crippen LogP contribution in [0, 0.1) is 11.3 Å². The molecule has 0 heterocycles. The molecule has 0 amide bonds. The second kappa shape index (κ2) is 4.49. The molecule has 1 atom stereocenters. The lowest BCUT2D eigenvalue weighted by Gasteiger charge is -2.12. The first-order valence-corrected chi connectivity index (χ1v) is 4.25. The van der Waals surface area contributed by atoms with Crippen LogP contribution in [0.3, 0.4) is 0 Å². The van der Waals surface area contributed by atoms with Crippen molar-refractivity contribution in [1.29, 1.82) is 5.26 Å². The van der Waals surface area contributed by atoms with E-state index in [-0.39, 0.29) is 12.5 Å². The summed E-state index contributed by atoms with van der Waals surface area (Å²) in [6.07, 6.45) is 0.260. The average Bonchev–Trinajstić information content (AvgIpc) is 2.17. The predicted octanol–water partition coefficient (Wildman–Crippen LogP) is 1.19. The van der Waals surface area contributed by atoms with Gasteiger partial charge in [-0.2, -0.15) is 5.26 Å². The second-order valence-electron chi connectivity index (χ2n) is 2.96. The van der Waals surface area contributed by atoms with Crippen LogP contribution in [0.1, 0.15) is 18.0 Å². The van der Waals surface area contributed by atoms with E-state index >= 15 is 0 Å².